The Labute approximate surface area is 143 Å². The lowest BCUT2D eigenvalue weighted by molar-refractivity contribution is -0.134. The summed E-state index contributed by atoms with van der Waals surface area (Å²) in [5.74, 6) is 0.273. The zero-order valence-corrected chi connectivity index (χ0v) is 14.3. The van der Waals surface area contributed by atoms with Crippen LogP contribution in [-0.2, 0) is 11.3 Å². The Balaban J connectivity index is 1.43. The second-order valence-electron chi connectivity index (χ2n) is 6.31. The smallest absolute Gasteiger partial charge is 0.236 e. The quantitative estimate of drug-likeness (QED) is 0.886. The van der Waals surface area contributed by atoms with Gasteiger partial charge in [-0.2, -0.15) is 0 Å². The standard InChI is InChI=1S/C17H25ClN4O/c18-16-3-1-2-15(12-16)13-21-8-10-22(11-9-21)17(23)14-20-6-4-19-5-7-20/h1-3,12,19H,4-11,13-14H2. The monoisotopic (exact) mass is 336 g/mol. The topological polar surface area (TPSA) is 38.8 Å². The SMILES string of the molecule is O=C(CN1CCNCC1)N1CCN(Cc2cccc(Cl)c2)CC1. The van der Waals surface area contributed by atoms with Crippen LogP contribution < -0.4 is 5.32 Å². The number of rotatable bonds is 4. The van der Waals surface area contributed by atoms with Gasteiger partial charge in [0.25, 0.3) is 0 Å². The zero-order chi connectivity index (χ0) is 16.1. The molecular weight excluding hydrogens is 312 g/mol. The maximum Gasteiger partial charge on any atom is 0.236 e. The van der Waals surface area contributed by atoms with Gasteiger partial charge in [0.15, 0.2) is 0 Å². The number of hydrogen-bond donors (Lipinski definition) is 1. The second-order valence-corrected chi connectivity index (χ2v) is 6.75. The lowest BCUT2D eigenvalue weighted by atomic mass is 10.2. The molecule has 6 heteroatoms. The van der Waals surface area contributed by atoms with Crippen molar-refractivity contribution in [2.24, 2.45) is 0 Å². The maximum atomic E-state index is 12.4. The molecule has 23 heavy (non-hydrogen) atoms. The van der Waals surface area contributed by atoms with Crippen molar-refractivity contribution in [3.05, 3.63) is 34.9 Å². The number of hydrogen-bond acceptors (Lipinski definition) is 4. The average Bonchev–Trinajstić information content (AvgIpc) is 2.56. The Bertz CT molecular complexity index is 525. The first kappa shape index (κ1) is 16.7. The van der Waals surface area contributed by atoms with Crippen LogP contribution in [0.2, 0.25) is 5.02 Å². The predicted molar refractivity (Wildman–Crippen MR) is 92.6 cm³/mol. The van der Waals surface area contributed by atoms with Crippen molar-refractivity contribution in [1.29, 1.82) is 0 Å². The first-order valence-corrected chi connectivity index (χ1v) is 8.76. The largest absolute Gasteiger partial charge is 0.339 e. The minimum atomic E-state index is 0.273. The molecule has 1 N–H and O–H groups in total. The van der Waals surface area contributed by atoms with Crippen molar-refractivity contribution < 1.29 is 4.79 Å². The summed E-state index contributed by atoms with van der Waals surface area (Å²) in [5.41, 5.74) is 1.23. The van der Waals surface area contributed by atoms with Crippen LogP contribution in [0.1, 0.15) is 5.56 Å². The van der Waals surface area contributed by atoms with E-state index in [-0.39, 0.29) is 5.91 Å². The number of carbonyl (C=O) groups excluding carboxylic acids is 1. The van der Waals surface area contributed by atoms with E-state index in [9.17, 15) is 4.79 Å². The van der Waals surface area contributed by atoms with Crippen molar-refractivity contribution in [3.63, 3.8) is 0 Å². The molecule has 1 aromatic carbocycles. The van der Waals surface area contributed by atoms with E-state index in [1.54, 1.807) is 0 Å². The molecule has 0 aromatic heterocycles. The summed E-state index contributed by atoms with van der Waals surface area (Å²) in [6, 6.07) is 8.01. The van der Waals surface area contributed by atoms with E-state index in [1.165, 1.54) is 5.56 Å². The normalized spacial score (nSPS) is 20.7. The Kier molecular flexibility index (Phi) is 5.89. The van der Waals surface area contributed by atoms with Crippen molar-refractivity contribution in [1.82, 2.24) is 20.0 Å². The van der Waals surface area contributed by atoms with Gasteiger partial charge in [-0.25, -0.2) is 0 Å². The van der Waals surface area contributed by atoms with Crippen LogP contribution in [0.3, 0.4) is 0 Å². The molecule has 126 valence electrons. The first-order chi connectivity index (χ1) is 11.2. The molecule has 3 rings (SSSR count). The summed E-state index contributed by atoms with van der Waals surface area (Å²) >= 11 is 6.04. The molecule has 0 bridgehead atoms. The van der Waals surface area contributed by atoms with E-state index in [2.05, 4.69) is 21.2 Å². The van der Waals surface area contributed by atoms with Crippen molar-refractivity contribution in [2.75, 3.05) is 58.9 Å². The molecule has 0 aliphatic carbocycles. The summed E-state index contributed by atoms with van der Waals surface area (Å²) in [4.78, 5) is 19.1. The summed E-state index contributed by atoms with van der Waals surface area (Å²) in [7, 11) is 0. The van der Waals surface area contributed by atoms with Gasteiger partial charge in [0.1, 0.15) is 0 Å². The Hall–Kier alpha value is -1.14. The van der Waals surface area contributed by atoms with Gasteiger partial charge in [-0.05, 0) is 17.7 Å². The van der Waals surface area contributed by atoms with Crippen LogP contribution in [-0.4, -0.2) is 79.5 Å². The van der Waals surface area contributed by atoms with E-state index < -0.39 is 0 Å². The fraction of sp³-hybridized carbons (Fsp3) is 0.588. The van der Waals surface area contributed by atoms with Gasteiger partial charge in [-0.3, -0.25) is 14.6 Å². The number of benzene rings is 1. The van der Waals surface area contributed by atoms with Crippen LogP contribution in [0.4, 0.5) is 0 Å². The second kappa shape index (κ2) is 8.11. The van der Waals surface area contributed by atoms with Crippen LogP contribution in [0, 0.1) is 0 Å². The Morgan fingerprint density at radius 1 is 1.04 bits per heavy atom. The van der Waals surface area contributed by atoms with E-state index in [1.807, 2.05) is 23.1 Å². The van der Waals surface area contributed by atoms with Gasteiger partial charge in [-0.15, -0.1) is 0 Å². The fourth-order valence-electron chi connectivity index (χ4n) is 3.21. The lowest BCUT2D eigenvalue weighted by Crippen LogP contribution is -2.53. The molecule has 2 saturated heterocycles. The molecule has 0 unspecified atom stereocenters. The van der Waals surface area contributed by atoms with Gasteiger partial charge in [0.05, 0.1) is 6.54 Å². The average molecular weight is 337 g/mol. The lowest BCUT2D eigenvalue weighted by Gasteiger charge is -2.36. The minimum Gasteiger partial charge on any atom is -0.339 e. The molecule has 2 aliphatic rings. The number of nitrogens with zero attached hydrogens (tertiary/aromatic N) is 3. The molecule has 5 nitrogen and oxygen atoms in total. The van der Waals surface area contributed by atoms with Crippen LogP contribution in [0.5, 0.6) is 0 Å². The number of halogens is 1. The van der Waals surface area contributed by atoms with Gasteiger partial charge < -0.3 is 10.2 Å². The third kappa shape index (κ3) is 4.91. The van der Waals surface area contributed by atoms with E-state index >= 15 is 0 Å². The highest BCUT2D eigenvalue weighted by molar-refractivity contribution is 6.30. The fourth-order valence-corrected chi connectivity index (χ4v) is 3.42. The molecule has 0 atom stereocenters. The number of carbonyl (C=O) groups is 1. The van der Waals surface area contributed by atoms with E-state index in [0.29, 0.717) is 6.54 Å². The molecule has 2 aliphatic heterocycles. The molecule has 2 fully saturated rings. The molecule has 0 radical (unpaired) electrons. The Morgan fingerprint density at radius 3 is 2.48 bits per heavy atom. The number of nitrogens with one attached hydrogen (secondary N) is 1. The predicted octanol–water partition coefficient (Wildman–Crippen LogP) is 0.889. The van der Waals surface area contributed by atoms with Crippen LogP contribution >= 0.6 is 11.6 Å². The highest BCUT2D eigenvalue weighted by atomic mass is 35.5. The van der Waals surface area contributed by atoms with Crippen LogP contribution in [0.15, 0.2) is 24.3 Å². The van der Waals surface area contributed by atoms with E-state index in [0.717, 1.165) is 63.9 Å². The van der Waals surface area contributed by atoms with Crippen molar-refractivity contribution in [3.8, 4) is 0 Å². The number of amides is 1. The highest BCUT2D eigenvalue weighted by Crippen LogP contribution is 2.14. The first-order valence-electron chi connectivity index (χ1n) is 8.38. The highest BCUT2D eigenvalue weighted by Gasteiger charge is 2.23. The van der Waals surface area contributed by atoms with Crippen LogP contribution in [0.25, 0.3) is 0 Å². The molecule has 0 saturated carbocycles. The maximum absolute atomic E-state index is 12.4. The third-order valence-corrected chi connectivity index (χ3v) is 4.82. The minimum absolute atomic E-state index is 0.273. The van der Waals surface area contributed by atoms with Gasteiger partial charge in [0, 0.05) is 63.9 Å². The molecule has 1 aromatic rings. The summed E-state index contributed by atoms with van der Waals surface area (Å²) in [6.45, 7) is 8.90. The van der Waals surface area contributed by atoms with Crippen molar-refractivity contribution in [2.45, 2.75) is 6.54 Å². The summed E-state index contributed by atoms with van der Waals surface area (Å²) in [6.07, 6.45) is 0. The third-order valence-electron chi connectivity index (χ3n) is 4.59. The molecule has 0 spiro atoms. The Morgan fingerprint density at radius 2 is 1.78 bits per heavy atom. The molecule has 1 amide bonds. The molecule has 2 heterocycles. The number of piperazine rings is 2. The summed E-state index contributed by atoms with van der Waals surface area (Å²) < 4.78 is 0. The van der Waals surface area contributed by atoms with Crippen molar-refractivity contribution >= 4 is 17.5 Å². The zero-order valence-electron chi connectivity index (χ0n) is 13.5. The van der Waals surface area contributed by atoms with Gasteiger partial charge >= 0.3 is 0 Å². The van der Waals surface area contributed by atoms with Gasteiger partial charge in [0.2, 0.25) is 5.91 Å². The molecular formula is C17H25ClN4O. The summed E-state index contributed by atoms with van der Waals surface area (Å²) in [5, 5.41) is 4.10. The van der Waals surface area contributed by atoms with E-state index in [4.69, 9.17) is 11.6 Å². The van der Waals surface area contributed by atoms with Gasteiger partial charge in [-0.1, -0.05) is 23.7 Å².